The van der Waals surface area contributed by atoms with Gasteiger partial charge in [0, 0.05) is 10.7 Å². The lowest BCUT2D eigenvalue weighted by atomic mass is 10.1. The van der Waals surface area contributed by atoms with E-state index in [1.807, 2.05) is 31.2 Å². The summed E-state index contributed by atoms with van der Waals surface area (Å²) in [4.78, 5) is 23.9. The molecule has 0 aliphatic rings. The number of aryl methyl sites for hydroxylation is 1. The van der Waals surface area contributed by atoms with Crippen LogP contribution in [-0.4, -0.2) is 25.1 Å². The van der Waals surface area contributed by atoms with Crippen LogP contribution in [-0.2, 0) is 16.2 Å². The van der Waals surface area contributed by atoms with Crippen LogP contribution < -0.4 is 20.2 Å². The lowest BCUT2D eigenvalue weighted by Crippen LogP contribution is -2.32. The lowest BCUT2D eigenvalue weighted by Gasteiger charge is -2.12. The summed E-state index contributed by atoms with van der Waals surface area (Å²) in [5.74, 6) is -0.642. The number of rotatable bonds is 7. The number of halogens is 1. The van der Waals surface area contributed by atoms with Gasteiger partial charge in [0.2, 0.25) is 0 Å². The highest BCUT2D eigenvalue weighted by Crippen LogP contribution is 2.28. The first kappa shape index (κ1) is 22.8. The fourth-order valence-electron chi connectivity index (χ4n) is 2.75. The Balaban J connectivity index is 1.57. The van der Waals surface area contributed by atoms with Crippen molar-refractivity contribution in [2.24, 2.45) is 5.10 Å². The quantitative estimate of drug-likeness (QED) is 0.318. The first-order valence-electron chi connectivity index (χ1n) is 9.71. The third-order valence-electron chi connectivity index (χ3n) is 4.52. The van der Waals surface area contributed by atoms with Crippen LogP contribution in [0.1, 0.15) is 16.7 Å². The largest absolute Gasteiger partial charge is 0.493 e. The molecular formula is C24H22ClN3O4. The maximum absolute atomic E-state index is 11.9. The zero-order valence-electron chi connectivity index (χ0n) is 17.6. The number of benzene rings is 3. The molecule has 0 spiro atoms. The Hall–Kier alpha value is -3.84. The smallest absolute Gasteiger partial charge is 0.329 e. The minimum absolute atomic E-state index is 0.412. The maximum atomic E-state index is 11.9. The minimum Gasteiger partial charge on any atom is -0.493 e. The number of nitrogens with zero attached hydrogens (tertiary/aromatic N) is 1. The second kappa shape index (κ2) is 11.0. The minimum atomic E-state index is -0.902. The van der Waals surface area contributed by atoms with Gasteiger partial charge in [-0.15, -0.1) is 0 Å². The van der Waals surface area contributed by atoms with Crippen molar-refractivity contribution < 1.29 is 19.1 Å². The van der Waals surface area contributed by atoms with Crippen LogP contribution >= 0.6 is 11.6 Å². The number of anilines is 1. The first-order chi connectivity index (χ1) is 15.5. The molecular weight excluding hydrogens is 430 g/mol. The van der Waals surface area contributed by atoms with Crippen molar-refractivity contribution in [1.82, 2.24) is 5.43 Å². The summed E-state index contributed by atoms with van der Waals surface area (Å²) in [5.41, 5.74) is 5.52. The van der Waals surface area contributed by atoms with Gasteiger partial charge in [0.1, 0.15) is 6.61 Å². The molecule has 0 radical (unpaired) electrons. The predicted octanol–water partition coefficient (Wildman–Crippen LogP) is 4.32. The summed E-state index contributed by atoms with van der Waals surface area (Å²) in [6.07, 6.45) is 1.40. The Kier molecular flexibility index (Phi) is 7.83. The van der Waals surface area contributed by atoms with Gasteiger partial charge in [-0.3, -0.25) is 9.59 Å². The molecule has 0 fully saturated rings. The predicted molar refractivity (Wildman–Crippen MR) is 124 cm³/mol. The van der Waals surface area contributed by atoms with E-state index in [0.717, 1.165) is 11.1 Å². The van der Waals surface area contributed by atoms with E-state index in [2.05, 4.69) is 15.8 Å². The van der Waals surface area contributed by atoms with Gasteiger partial charge >= 0.3 is 11.8 Å². The van der Waals surface area contributed by atoms with Crippen LogP contribution in [0.5, 0.6) is 11.5 Å². The number of methoxy groups -OCH3 is 1. The van der Waals surface area contributed by atoms with Crippen molar-refractivity contribution >= 4 is 35.3 Å². The lowest BCUT2D eigenvalue weighted by molar-refractivity contribution is -0.136. The van der Waals surface area contributed by atoms with Crippen LogP contribution in [0, 0.1) is 6.92 Å². The van der Waals surface area contributed by atoms with Gasteiger partial charge in [-0.05, 0) is 66.1 Å². The third-order valence-corrected chi connectivity index (χ3v) is 4.77. The number of hydrogen-bond acceptors (Lipinski definition) is 5. The van der Waals surface area contributed by atoms with Gasteiger partial charge in [0.05, 0.1) is 13.3 Å². The average molecular weight is 452 g/mol. The van der Waals surface area contributed by atoms with E-state index >= 15 is 0 Å². The number of ether oxygens (including phenoxy) is 2. The molecule has 164 valence electrons. The van der Waals surface area contributed by atoms with Crippen LogP contribution in [0.25, 0.3) is 0 Å². The zero-order chi connectivity index (χ0) is 22.9. The molecule has 0 saturated carbocycles. The van der Waals surface area contributed by atoms with Gasteiger partial charge in [-0.2, -0.15) is 5.10 Å². The van der Waals surface area contributed by atoms with Crippen molar-refractivity contribution in [3.63, 3.8) is 0 Å². The molecule has 3 rings (SSSR count). The monoisotopic (exact) mass is 451 g/mol. The Labute approximate surface area is 191 Å². The highest BCUT2D eigenvalue weighted by atomic mass is 35.5. The summed E-state index contributed by atoms with van der Waals surface area (Å²) in [7, 11) is 1.54. The van der Waals surface area contributed by atoms with Gasteiger partial charge in [0.25, 0.3) is 0 Å². The Morgan fingerprint density at radius 1 is 1.00 bits per heavy atom. The average Bonchev–Trinajstić information content (AvgIpc) is 2.80. The van der Waals surface area contributed by atoms with E-state index in [-0.39, 0.29) is 0 Å². The van der Waals surface area contributed by atoms with E-state index in [4.69, 9.17) is 21.1 Å². The number of carbonyl (C=O) groups is 2. The van der Waals surface area contributed by atoms with Gasteiger partial charge in [0.15, 0.2) is 11.5 Å². The van der Waals surface area contributed by atoms with Crippen molar-refractivity contribution in [2.45, 2.75) is 13.5 Å². The normalized spacial score (nSPS) is 10.6. The highest BCUT2D eigenvalue weighted by molar-refractivity contribution is 6.39. The topological polar surface area (TPSA) is 89.0 Å². The van der Waals surface area contributed by atoms with Gasteiger partial charge < -0.3 is 14.8 Å². The fourth-order valence-corrected chi connectivity index (χ4v) is 2.87. The molecule has 32 heavy (non-hydrogen) atoms. The van der Waals surface area contributed by atoms with E-state index in [9.17, 15) is 9.59 Å². The second-order valence-electron chi connectivity index (χ2n) is 6.79. The maximum Gasteiger partial charge on any atom is 0.329 e. The SMILES string of the molecule is COc1cc(/C=N/NC(=O)C(=O)Nc2ccc(Cl)cc2)ccc1OCc1ccccc1C. The number of carbonyl (C=O) groups excluding carboxylic acids is 2. The molecule has 0 aromatic heterocycles. The molecule has 2 N–H and O–H groups in total. The summed E-state index contributed by atoms with van der Waals surface area (Å²) in [6, 6.07) is 19.6. The summed E-state index contributed by atoms with van der Waals surface area (Å²) >= 11 is 5.79. The summed E-state index contributed by atoms with van der Waals surface area (Å²) in [6.45, 7) is 2.44. The van der Waals surface area contributed by atoms with Gasteiger partial charge in [-0.25, -0.2) is 5.43 Å². The van der Waals surface area contributed by atoms with E-state index in [1.54, 1.807) is 49.6 Å². The molecule has 0 saturated heterocycles. The molecule has 3 aromatic carbocycles. The molecule has 0 aliphatic heterocycles. The Morgan fingerprint density at radius 3 is 2.47 bits per heavy atom. The van der Waals surface area contributed by atoms with Crippen LogP contribution in [0.2, 0.25) is 5.02 Å². The number of amides is 2. The molecule has 3 aromatic rings. The molecule has 0 aliphatic carbocycles. The third kappa shape index (κ3) is 6.33. The van der Waals surface area contributed by atoms with Crippen molar-refractivity contribution in [2.75, 3.05) is 12.4 Å². The highest BCUT2D eigenvalue weighted by Gasteiger charge is 2.13. The molecule has 2 amide bonds. The first-order valence-corrected chi connectivity index (χ1v) is 10.1. The molecule has 0 unspecified atom stereocenters. The van der Waals surface area contributed by atoms with Crippen LogP contribution in [0.4, 0.5) is 5.69 Å². The zero-order valence-corrected chi connectivity index (χ0v) is 18.3. The molecule has 7 nitrogen and oxygen atoms in total. The van der Waals surface area contributed by atoms with Crippen LogP contribution in [0.3, 0.4) is 0 Å². The summed E-state index contributed by atoms with van der Waals surface area (Å²) < 4.78 is 11.3. The number of hydrogen-bond donors (Lipinski definition) is 2. The molecule has 0 atom stereocenters. The molecule has 0 bridgehead atoms. The molecule has 0 heterocycles. The number of nitrogens with one attached hydrogen (secondary N) is 2. The second-order valence-corrected chi connectivity index (χ2v) is 7.22. The summed E-state index contributed by atoms with van der Waals surface area (Å²) in [5, 5.41) is 6.81. The Bertz CT molecular complexity index is 1130. The van der Waals surface area contributed by atoms with E-state index in [0.29, 0.717) is 34.4 Å². The Morgan fingerprint density at radius 2 is 1.75 bits per heavy atom. The van der Waals surface area contributed by atoms with Gasteiger partial charge in [-0.1, -0.05) is 35.9 Å². The van der Waals surface area contributed by atoms with E-state index < -0.39 is 11.8 Å². The van der Waals surface area contributed by atoms with Crippen molar-refractivity contribution in [3.8, 4) is 11.5 Å². The standard InChI is InChI=1S/C24H22ClN3O4/c1-16-5-3-4-6-18(16)15-32-21-12-7-17(13-22(21)31-2)14-26-28-24(30)23(29)27-20-10-8-19(25)9-11-20/h3-14H,15H2,1-2H3,(H,27,29)(H,28,30)/b26-14+. The molecule has 8 heteroatoms. The van der Waals surface area contributed by atoms with Crippen molar-refractivity contribution in [1.29, 1.82) is 0 Å². The van der Waals surface area contributed by atoms with E-state index in [1.165, 1.54) is 6.21 Å². The fraction of sp³-hybridized carbons (Fsp3) is 0.125. The van der Waals surface area contributed by atoms with Crippen molar-refractivity contribution in [3.05, 3.63) is 88.4 Å². The number of hydrazone groups is 1. The van der Waals surface area contributed by atoms with Crippen LogP contribution in [0.15, 0.2) is 71.8 Å².